The first-order valence-electron chi connectivity index (χ1n) is 16.2. The molecule has 0 aliphatic heterocycles. The van der Waals surface area contributed by atoms with E-state index >= 15 is 0 Å². The molecule has 0 aliphatic rings. The van der Waals surface area contributed by atoms with Gasteiger partial charge in [0.25, 0.3) is 0 Å². The Balaban J connectivity index is -0.00000244. The Morgan fingerprint density at radius 2 is 1.23 bits per heavy atom. The van der Waals surface area contributed by atoms with Gasteiger partial charge in [0.05, 0.1) is 46.2 Å². The molecule has 0 heterocycles. The predicted octanol–water partition coefficient (Wildman–Crippen LogP) is 3.12. The fraction of sp³-hybridized carbons (Fsp3) is 0.871. The fourth-order valence-corrected chi connectivity index (χ4v) is 3.13. The predicted molar refractivity (Wildman–Crippen MR) is 171 cm³/mol. The number of amides is 4. The zero-order valence-electron chi connectivity index (χ0n) is 28.1. The molecule has 12 nitrogen and oxygen atoms in total. The van der Waals surface area contributed by atoms with Crippen molar-refractivity contribution in [2.45, 2.75) is 105 Å². The van der Waals surface area contributed by atoms with Crippen LogP contribution in [0.25, 0.3) is 0 Å². The minimum Gasteiger partial charge on any atom is -0.382 e. The number of carbonyl (C=O) groups excluding carboxylic acids is 4. The van der Waals surface area contributed by atoms with Crippen LogP contribution in [-0.2, 0) is 38.1 Å². The van der Waals surface area contributed by atoms with Crippen LogP contribution in [-0.4, -0.2) is 103 Å². The number of carbonyl (C=O) groups is 4. The molecule has 0 unspecified atom stereocenters. The molecular weight excluding hydrogens is 556 g/mol. The van der Waals surface area contributed by atoms with Crippen molar-refractivity contribution in [3.05, 3.63) is 0 Å². The van der Waals surface area contributed by atoms with E-state index < -0.39 is 6.04 Å². The Kier molecular flexibility index (Phi) is 41.7. The van der Waals surface area contributed by atoms with Crippen molar-refractivity contribution in [1.29, 1.82) is 0 Å². The molecule has 0 radical (unpaired) electrons. The summed E-state index contributed by atoms with van der Waals surface area (Å²) in [4.78, 5) is 47.3. The first-order chi connectivity index (χ1) is 21.0. The lowest BCUT2D eigenvalue weighted by molar-refractivity contribution is -0.130. The van der Waals surface area contributed by atoms with Crippen molar-refractivity contribution in [1.82, 2.24) is 21.3 Å². The van der Waals surface area contributed by atoms with Crippen molar-refractivity contribution in [2.75, 3.05) is 73.0 Å². The van der Waals surface area contributed by atoms with Crippen LogP contribution in [0.15, 0.2) is 0 Å². The number of methoxy groups -OCH3 is 1. The average molecular weight is 621 g/mol. The highest BCUT2D eigenvalue weighted by atomic mass is 16.6. The highest BCUT2D eigenvalue weighted by Gasteiger charge is 2.21. The van der Waals surface area contributed by atoms with E-state index in [0.717, 1.165) is 32.1 Å². The summed E-state index contributed by atoms with van der Waals surface area (Å²) in [6.45, 7) is 14.9. The quantitative estimate of drug-likeness (QED) is 0.0769. The molecule has 0 saturated carbocycles. The van der Waals surface area contributed by atoms with Crippen LogP contribution in [0.3, 0.4) is 0 Å². The first-order valence-corrected chi connectivity index (χ1v) is 16.2. The van der Waals surface area contributed by atoms with Gasteiger partial charge in [0.1, 0.15) is 6.04 Å². The minimum absolute atomic E-state index is 0.114. The minimum atomic E-state index is -0.793. The summed E-state index contributed by atoms with van der Waals surface area (Å²) < 4.78 is 21.0. The third-order valence-electron chi connectivity index (χ3n) is 5.69. The zero-order valence-corrected chi connectivity index (χ0v) is 28.1. The van der Waals surface area contributed by atoms with E-state index in [0.29, 0.717) is 72.2 Å². The van der Waals surface area contributed by atoms with Gasteiger partial charge in [-0.1, -0.05) is 60.3 Å². The summed E-state index contributed by atoms with van der Waals surface area (Å²) >= 11 is 0. The maximum atomic E-state index is 12.7. The van der Waals surface area contributed by atoms with Gasteiger partial charge in [-0.05, 0) is 25.7 Å². The van der Waals surface area contributed by atoms with Gasteiger partial charge in [-0.25, -0.2) is 0 Å². The maximum absolute atomic E-state index is 12.7. The molecule has 0 aromatic rings. The number of hydrogen-bond acceptors (Lipinski definition) is 8. The lowest BCUT2D eigenvalue weighted by Crippen LogP contribution is -2.48. The van der Waals surface area contributed by atoms with Crippen LogP contribution in [0, 0.1) is 0 Å². The Morgan fingerprint density at radius 3 is 1.79 bits per heavy atom. The molecule has 256 valence electrons. The lowest BCUT2D eigenvalue weighted by Gasteiger charge is -2.18. The van der Waals surface area contributed by atoms with Crippen LogP contribution >= 0.6 is 0 Å². The van der Waals surface area contributed by atoms with Gasteiger partial charge >= 0.3 is 0 Å². The molecule has 0 aliphatic carbocycles. The van der Waals surface area contributed by atoms with Crippen LogP contribution in [0.5, 0.6) is 0 Å². The van der Waals surface area contributed by atoms with Crippen LogP contribution in [0.4, 0.5) is 0 Å². The topological polar surface area (TPSA) is 153 Å². The summed E-state index contributed by atoms with van der Waals surface area (Å²) in [6.07, 6.45) is 8.13. The van der Waals surface area contributed by atoms with Gasteiger partial charge in [-0.15, -0.1) is 0 Å². The molecule has 0 aromatic carbocycles. The number of hydrogen-bond donors (Lipinski definition) is 4. The molecule has 0 rings (SSSR count). The van der Waals surface area contributed by atoms with Gasteiger partial charge < -0.3 is 40.2 Å². The summed E-state index contributed by atoms with van der Waals surface area (Å²) in [7, 11) is 1.62. The molecule has 1 atom stereocenters. The summed E-state index contributed by atoms with van der Waals surface area (Å²) in [5.74, 6) is -0.727. The molecule has 0 saturated heterocycles. The summed E-state index contributed by atoms with van der Waals surface area (Å²) in [5.41, 5.74) is 0. The molecule has 4 N–H and O–H groups in total. The van der Waals surface area contributed by atoms with E-state index in [9.17, 15) is 19.2 Å². The van der Waals surface area contributed by atoms with E-state index in [4.69, 9.17) is 18.9 Å². The Bertz CT molecular complexity index is 625. The molecule has 0 spiro atoms. The average Bonchev–Trinajstić information content (AvgIpc) is 3.02. The highest BCUT2D eigenvalue weighted by Crippen LogP contribution is 2.03. The summed E-state index contributed by atoms with van der Waals surface area (Å²) in [5, 5.41) is 10.9. The van der Waals surface area contributed by atoms with Crippen LogP contribution in [0.2, 0.25) is 0 Å². The van der Waals surface area contributed by atoms with E-state index in [1.54, 1.807) is 7.11 Å². The van der Waals surface area contributed by atoms with Crippen LogP contribution in [0.1, 0.15) is 98.8 Å². The first kappa shape index (κ1) is 45.2. The van der Waals surface area contributed by atoms with Crippen molar-refractivity contribution < 1.29 is 38.1 Å². The molecule has 0 bridgehead atoms. The number of ether oxygens (including phenoxy) is 4. The molecule has 0 fully saturated rings. The van der Waals surface area contributed by atoms with Crippen molar-refractivity contribution in [2.24, 2.45) is 0 Å². The Hall–Kier alpha value is -2.28. The van der Waals surface area contributed by atoms with Gasteiger partial charge in [0, 0.05) is 39.6 Å². The van der Waals surface area contributed by atoms with Crippen molar-refractivity contribution >= 4 is 24.1 Å². The molecular formula is C31H64N4O8. The molecule has 43 heavy (non-hydrogen) atoms. The van der Waals surface area contributed by atoms with Crippen LogP contribution < -0.4 is 21.3 Å². The lowest BCUT2D eigenvalue weighted by atomic mass is 10.1. The second kappa shape index (κ2) is 39.7. The smallest absolute Gasteiger partial charge is 0.242 e. The summed E-state index contributed by atoms with van der Waals surface area (Å²) in [6, 6.07) is -0.793. The normalized spacial score (nSPS) is 10.7. The third kappa shape index (κ3) is 37.7. The number of nitrogens with one attached hydrogen (secondary N) is 4. The number of unbranched alkanes of at least 4 members (excludes halogenated alkanes) is 4. The van der Waals surface area contributed by atoms with Gasteiger partial charge in [0.15, 0.2) is 0 Å². The number of rotatable bonds is 28. The monoisotopic (exact) mass is 620 g/mol. The Morgan fingerprint density at radius 1 is 0.651 bits per heavy atom. The fourth-order valence-electron chi connectivity index (χ4n) is 3.13. The van der Waals surface area contributed by atoms with E-state index in [1.165, 1.54) is 12.8 Å². The molecule has 12 heteroatoms. The molecule has 4 amide bonds. The largest absolute Gasteiger partial charge is 0.382 e. The Labute approximate surface area is 261 Å². The van der Waals surface area contributed by atoms with Gasteiger partial charge in [0.2, 0.25) is 24.1 Å². The van der Waals surface area contributed by atoms with Crippen molar-refractivity contribution in [3.8, 4) is 0 Å². The van der Waals surface area contributed by atoms with E-state index in [2.05, 4.69) is 42.0 Å². The van der Waals surface area contributed by atoms with Crippen molar-refractivity contribution in [3.63, 3.8) is 0 Å². The molecule has 0 aromatic heterocycles. The third-order valence-corrected chi connectivity index (χ3v) is 5.69. The van der Waals surface area contributed by atoms with E-state index in [1.807, 2.05) is 13.8 Å². The highest BCUT2D eigenvalue weighted by molar-refractivity contribution is 5.88. The standard InChI is InChI=1S/C25H48N4O8.C4H10.C2H6/c1-3-4-5-8-24(32)29-22(9-10-23(31)27-12-7-6-11-26-21-30)25(33)28-13-14-35-17-18-37-20-19-36-16-15-34-2;1-3-4-2;1-2/h21-22H,3-20H2,1-2H3,(H,26,30)(H,27,31)(H,28,33)(H,29,32);3-4H2,1-2H3;1-2H3/t22-;;/m0../s1. The zero-order chi connectivity index (χ0) is 32.8. The second-order valence-electron chi connectivity index (χ2n) is 9.37. The maximum Gasteiger partial charge on any atom is 0.242 e. The SMILES string of the molecule is CC.CCCC.CCCCCC(=O)N[C@@H](CCC(=O)NCCCCNC=O)C(=O)NCCOCCOCCOCCOC. The van der Waals surface area contributed by atoms with Gasteiger partial charge in [-0.2, -0.15) is 0 Å². The second-order valence-corrected chi connectivity index (χ2v) is 9.37. The van der Waals surface area contributed by atoms with Gasteiger partial charge in [-0.3, -0.25) is 19.2 Å². The van der Waals surface area contributed by atoms with E-state index in [-0.39, 0.29) is 37.1 Å².